The summed E-state index contributed by atoms with van der Waals surface area (Å²) in [5.74, 6) is 0. The van der Waals surface area contributed by atoms with Crippen LogP contribution in [0, 0.1) is 0 Å². The zero-order valence-electron chi connectivity index (χ0n) is 9.70. The van der Waals surface area contributed by atoms with Crippen molar-refractivity contribution < 1.29 is 24.8 Å². The fourth-order valence-electron chi connectivity index (χ4n) is 1.40. The SMILES string of the molecule is CCCCOC(=S)N[C@@H]1OC[C@H](O)[C@@H](O)[C@@H]1O. The maximum absolute atomic E-state index is 9.62. The Hall–Kier alpha value is -0.470. The highest BCUT2D eigenvalue weighted by atomic mass is 32.1. The minimum atomic E-state index is -1.25. The van der Waals surface area contributed by atoms with Crippen LogP contribution in [0.4, 0.5) is 0 Å². The van der Waals surface area contributed by atoms with Gasteiger partial charge in [0.1, 0.15) is 18.3 Å². The zero-order valence-corrected chi connectivity index (χ0v) is 10.5. The molecular weight excluding hydrogens is 246 g/mol. The Balaban J connectivity index is 2.33. The van der Waals surface area contributed by atoms with Gasteiger partial charge in [-0.2, -0.15) is 0 Å². The third kappa shape index (κ3) is 4.36. The molecule has 17 heavy (non-hydrogen) atoms. The van der Waals surface area contributed by atoms with Crippen LogP contribution in [0.15, 0.2) is 0 Å². The summed E-state index contributed by atoms with van der Waals surface area (Å²) in [6.07, 6.45) is -2.56. The maximum Gasteiger partial charge on any atom is 0.258 e. The molecule has 0 saturated carbocycles. The molecule has 0 aromatic heterocycles. The first-order valence-electron chi connectivity index (χ1n) is 5.65. The number of aliphatic hydroxyl groups is 3. The first-order valence-corrected chi connectivity index (χ1v) is 6.06. The number of hydrogen-bond acceptors (Lipinski definition) is 6. The van der Waals surface area contributed by atoms with Gasteiger partial charge in [-0.05, 0) is 18.6 Å². The molecule has 0 bridgehead atoms. The monoisotopic (exact) mass is 265 g/mol. The molecule has 1 rings (SSSR count). The van der Waals surface area contributed by atoms with Crippen molar-refractivity contribution in [3.8, 4) is 0 Å². The fourth-order valence-corrected chi connectivity index (χ4v) is 1.60. The Morgan fingerprint density at radius 3 is 2.76 bits per heavy atom. The molecule has 0 aliphatic carbocycles. The molecule has 0 spiro atoms. The molecule has 7 heteroatoms. The second-order valence-corrected chi connectivity index (χ2v) is 4.31. The van der Waals surface area contributed by atoms with E-state index in [-0.39, 0.29) is 11.8 Å². The summed E-state index contributed by atoms with van der Waals surface area (Å²) in [5.41, 5.74) is 0. The lowest BCUT2D eigenvalue weighted by molar-refractivity contribution is -0.191. The average Bonchev–Trinajstić information content (AvgIpc) is 2.30. The van der Waals surface area contributed by atoms with Crippen LogP contribution in [0.5, 0.6) is 0 Å². The summed E-state index contributed by atoms with van der Waals surface area (Å²) < 4.78 is 10.3. The minimum Gasteiger partial charge on any atom is -0.471 e. The van der Waals surface area contributed by atoms with Gasteiger partial charge in [-0.1, -0.05) is 13.3 Å². The fraction of sp³-hybridized carbons (Fsp3) is 0.900. The Bertz CT molecular complexity index is 253. The van der Waals surface area contributed by atoms with Crippen LogP contribution in [0.1, 0.15) is 19.8 Å². The number of nitrogens with one attached hydrogen (secondary N) is 1. The van der Waals surface area contributed by atoms with Crippen molar-refractivity contribution in [2.75, 3.05) is 13.2 Å². The molecule has 0 radical (unpaired) electrons. The zero-order chi connectivity index (χ0) is 12.8. The van der Waals surface area contributed by atoms with Gasteiger partial charge in [0.05, 0.1) is 13.2 Å². The van der Waals surface area contributed by atoms with Crippen LogP contribution >= 0.6 is 12.2 Å². The quantitative estimate of drug-likeness (QED) is 0.387. The highest BCUT2D eigenvalue weighted by Crippen LogP contribution is 2.13. The topological polar surface area (TPSA) is 91.2 Å². The lowest BCUT2D eigenvalue weighted by Crippen LogP contribution is -2.58. The normalized spacial score (nSPS) is 33.2. The van der Waals surface area contributed by atoms with Crippen molar-refractivity contribution in [1.29, 1.82) is 0 Å². The number of hydrogen-bond donors (Lipinski definition) is 4. The number of rotatable bonds is 4. The van der Waals surface area contributed by atoms with Crippen molar-refractivity contribution in [3.05, 3.63) is 0 Å². The molecule has 0 aromatic carbocycles. The summed E-state index contributed by atoms with van der Waals surface area (Å²) in [6, 6.07) is 0. The van der Waals surface area contributed by atoms with Crippen LogP contribution in [0.25, 0.3) is 0 Å². The van der Waals surface area contributed by atoms with Gasteiger partial charge < -0.3 is 30.1 Å². The second kappa shape index (κ2) is 7.07. The number of ether oxygens (including phenoxy) is 2. The highest BCUT2D eigenvalue weighted by Gasteiger charge is 2.37. The van der Waals surface area contributed by atoms with Crippen LogP contribution in [-0.4, -0.2) is 58.2 Å². The molecule has 100 valence electrons. The van der Waals surface area contributed by atoms with Gasteiger partial charge in [0.15, 0.2) is 6.23 Å². The lowest BCUT2D eigenvalue weighted by Gasteiger charge is -2.35. The maximum atomic E-state index is 9.62. The molecule has 1 saturated heterocycles. The number of aliphatic hydroxyl groups excluding tert-OH is 3. The van der Waals surface area contributed by atoms with Crippen LogP contribution in [0.2, 0.25) is 0 Å². The highest BCUT2D eigenvalue weighted by molar-refractivity contribution is 7.80. The largest absolute Gasteiger partial charge is 0.471 e. The van der Waals surface area contributed by atoms with Gasteiger partial charge in [0, 0.05) is 0 Å². The van der Waals surface area contributed by atoms with Crippen molar-refractivity contribution in [2.45, 2.75) is 44.3 Å². The smallest absolute Gasteiger partial charge is 0.258 e. The Morgan fingerprint density at radius 1 is 1.41 bits per heavy atom. The van der Waals surface area contributed by atoms with E-state index in [1.807, 2.05) is 6.92 Å². The number of unbranched alkanes of at least 4 members (excludes halogenated alkanes) is 1. The van der Waals surface area contributed by atoms with Crippen molar-refractivity contribution in [1.82, 2.24) is 5.32 Å². The summed E-state index contributed by atoms with van der Waals surface area (Å²) in [6.45, 7) is 2.47. The molecule has 0 unspecified atom stereocenters. The van der Waals surface area contributed by atoms with E-state index in [0.29, 0.717) is 6.61 Å². The third-order valence-electron chi connectivity index (χ3n) is 2.49. The van der Waals surface area contributed by atoms with Gasteiger partial charge >= 0.3 is 0 Å². The van der Waals surface area contributed by atoms with Crippen LogP contribution < -0.4 is 5.32 Å². The van der Waals surface area contributed by atoms with Crippen molar-refractivity contribution >= 4 is 17.4 Å². The van der Waals surface area contributed by atoms with Crippen molar-refractivity contribution in [3.63, 3.8) is 0 Å². The summed E-state index contributed by atoms with van der Waals surface area (Å²) >= 11 is 4.90. The van der Waals surface area contributed by atoms with E-state index in [0.717, 1.165) is 12.8 Å². The first kappa shape index (κ1) is 14.6. The van der Waals surface area contributed by atoms with Crippen LogP contribution in [-0.2, 0) is 9.47 Å². The Morgan fingerprint density at radius 2 is 2.12 bits per heavy atom. The Kier molecular flexibility index (Phi) is 6.07. The summed E-state index contributed by atoms with van der Waals surface area (Å²) in [5, 5.41) is 31.1. The Labute approximate surface area is 106 Å². The molecule has 4 N–H and O–H groups in total. The van der Waals surface area contributed by atoms with Gasteiger partial charge in [-0.15, -0.1) is 0 Å². The predicted octanol–water partition coefficient (Wildman–Crippen LogP) is -0.883. The van der Waals surface area contributed by atoms with E-state index in [9.17, 15) is 15.3 Å². The average molecular weight is 265 g/mol. The molecule has 4 atom stereocenters. The molecule has 1 heterocycles. The molecule has 6 nitrogen and oxygen atoms in total. The number of thiocarbonyl (C=S) groups is 1. The van der Waals surface area contributed by atoms with E-state index in [1.54, 1.807) is 0 Å². The molecule has 0 aromatic rings. The van der Waals surface area contributed by atoms with Gasteiger partial charge in [-0.25, -0.2) is 0 Å². The van der Waals surface area contributed by atoms with Crippen molar-refractivity contribution in [2.24, 2.45) is 0 Å². The van der Waals surface area contributed by atoms with Gasteiger partial charge in [0.2, 0.25) is 0 Å². The lowest BCUT2D eigenvalue weighted by atomic mass is 10.0. The van der Waals surface area contributed by atoms with E-state index in [4.69, 9.17) is 21.7 Å². The standard InChI is InChI=1S/C10H19NO5S/c1-2-3-4-15-10(17)11-9-8(14)7(13)6(12)5-16-9/h6-9,12-14H,2-5H2,1H3,(H,11,17)/t6-,7+,8-,9+/m0/s1. The summed E-state index contributed by atoms with van der Waals surface area (Å²) in [7, 11) is 0. The van der Waals surface area contributed by atoms with Gasteiger partial charge in [0.25, 0.3) is 5.17 Å². The molecule has 1 aliphatic heterocycles. The third-order valence-corrected chi connectivity index (χ3v) is 2.73. The molecule has 0 amide bonds. The minimum absolute atomic E-state index is 0.0620. The second-order valence-electron chi connectivity index (χ2n) is 3.94. The predicted molar refractivity (Wildman–Crippen MR) is 64.4 cm³/mol. The van der Waals surface area contributed by atoms with E-state index in [2.05, 4.69) is 5.32 Å². The van der Waals surface area contributed by atoms with Gasteiger partial charge in [-0.3, -0.25) is 0 Å². The molecular formula is C10H19NO5S. The van der Waals surface area contributed by atoms with Crippen LogP contribution in [0.3, 0.4) is 0 Å². The molecule has 1 fully saturated rings. The van der Waals surface area contributed by atoms with E-state index >= 15 is 0 Å². The first-order chi connectivity index (χ1) is 8.06. The molecule has 1 aliphatic rings. The van der Waals surface area contributed by atoms with E-state index < -0.39 is 24.5 Å². The summed E-state index contributed by atoms with van der Waals surface area (Å²) in [4.78, 5) is 0. The van der Waals surface area contributed by atoms with E-state index in [1.165, 1.54) is 0 Å².